The first-order chi connectivity index (χ1) is 12.2. The molecular weight excluding hydrogens is 312 g/mol. The largest absolute Gasteiger partial charge is 0.373 e. The van der Waals surface area contributed by atoms with Crippen LogP contribution >= 0.6 is 0 Å². The number of carbonyl (C=O) groups excluding carboxylic acids is 1. The molecule has 0 aliphatic carbocycles. The first-order valence-electron chi connectivity index (χ1n) is 8.96. The molecule has 1 aliphatic heterocycles. The van der Waals surface area contributed by atoms with Gasteiger partial charge in [-0.25, -0.2) is 0 Å². The predicted molar refractivity (Wildman–Crippen MR) is 98.8 cm³/mol. The Labute approximate surface area is 149 Å². The zero-order chi connectivity index (χ0) is 17.5. The summed E-state index contributed by atoms with van der Waals surface area (Å²) in [7, 11) is 0. The van der Waals surface area contributed by atoms with Crippen molar-refractivity contribution in [3.63, 3.8) is 0 Å². The highest BCUT2D eigenvalue weighted by atomic mass is 16.5. The molecular formula is C21H26N2O2. The Bertz CT molecular complexity index is 652. The molecule has 1 atom stereocenters. The van der Waals surface area contributed by atoms with E-state index < -0.39 is 0 Å². The Kier molecular flexibility index (Phi) is 6.20. The summed E-state index contributed by atoms with van der Waals surface area (Å²) in [5.74, 6) is 0.137. The minimum absolute atomic E-state index is 0.137. The molecule has 1 unspecified atom stereocenters. The van der Waals surface area contributed by atoms with Crippen molar-refractivity contribution >= 4 is 5.91 Å². The van der Waals surface area contributed by atoms with Crippen LogP contribution in [0.25, 0.3) is 0 Å². The van der Waals surface area contributed by atoms with Crippen molar-refractivity contribution in [1.29, 1.82) is 0 Å². The van der Waals surface area contributed by atoms with Crippen LogP contribution in [0.4, 0.5) is 0 Å². The highest BCUT2D eigenvalue weighted by Crippen LogP contribution is 2.19. The molecule has 0 aromatic heterocycles. The van der Waals surface area contributed by atoms with Gasteiger partial charge in [0.2, 0.25) is 5.91 Å². The van der Waals surface area contributed by atoms with Crippen molar-refractivity contribution in [3.05, 3.63) is 71.8 Å². The van der Waals surface area contributed by atoms with E-state index in [1.54, 1.807) is 0 Å². The molecule has 1 saturated heterocycles. The van der Waals surface area contributed by atoms with E-state index in [9.17, 15) is 4.79 Å². The monoisotopic (exact) mass is 338 g/mol. The van der Waals surface area contributed by atoms with Gasteiger partial charge >= 0.3 is 0 Å². The minimum atomic E-state index is -0.235. The maximum Gasteiger partial charge on any atom is 0.224 e. The SMILES string of the molecule is NC(CC(=O)N1CCC(OCc2ccccc2)CC1)c1ccccc1. The summed E-state index contributed by atoms with van der Waals surface area (Å²) in [6.07, 6.45) is 2.37. The fourth-order valence-electron chi connectivity index (χ4n) is 3.20. The maximum atomic E-state index is 12.5. The van der Waals surface area contributed by atoms with Crippen LogP contribution in [0.15, 0.2) is 60.7 Å². The Morgan fingerprint density at radius 3 is 2.28 bits per heavy atom. The number of nitrogens with zero attached hydrogens (tertiary/aromatic N) is 1. The van der Waals surface area contributed by atoms with Crippen LogP contribution in [-0.4, -0.2) is 30.0 Å². The summed E-state index contributed by atoms with van der Waals surface area (Å²) in [6, 6.07) is 19.8. The molecule has 1 aliphatic rings. The van der Waals surface area contributed by atoms with E-state index in [1.807, 2.05) is 53.4 Å². The lowest BCUT2D eigenvalue weighted by Crippen LogP contribution is -2.41. The summed E-state index contributed by atoms with van der Waals surface area (Å²) in [5, 5.41) is 0. The van der Waals surface area contributed by atoms with Crippen LogP contribution in [0, 0.1) is 0 Å². The Morgan fingerprint density at radius 2 is 1.64 bits per heavy atom. The smallest absolute Gasteiger partial charge is 0.224 e. The number of rotatable bonds is 6. The second-order valence-corrected chi connectivity index (χ2v) is 6.60. The van der Waals surface area contributed by atoms with Gasteiger partial charge in [-0.2, -0.15) is 0 Å². The first-order valence-corrected chi connectivity index (χ1v) is 8.96. The first kappa shape index (κ1) is 17.6. The number of piperidine rings is 1. The minimum Gasteiger partial charge on any atom is -0.373 e. The van der Waals surface area contributed by atoms with Crippen LogP contribution in [-0.2, 0) is 16.1 Å². The molecule has 1 fully saturated rings. The lowest BCUT2D eigenvalue weighted by atomic mass is 10.0. The summed E-state index contributed by atoms with van der Waals surface area (Å²) < 4.78 is 5.98. The zero-order valence-electron chi connectivity index (χ0n) is 14.5. The van der Waals surface area contributed by atoms with Crippen molar-refractivity contribution in [1.82, 2.24) is 4.90 Å². The van der Waals surface area contributed by atoms with E-state index >= 15 is 0 Å². The number of nitrogens with two attached hydrogens (primary N) is 1. The van der Waals surface area contributed by atoms with Crippen LogP contribution in [0.2, 0.25) is 0 Å². The Balaban J connectivity index is 1.41. The van der Waals surface area contributed by atoms with Gasteiger partial charge in [-0.3, -0.25) is 4.79 Å². The molecule has 0 radical (unpaired) electrons. The normalized spacial score (nSPS) is 16.6. The van der Waals surface area contributed by atoms with Gasteiger partial charge in [0, 0.05) is 25.6 Å². The molecule has 0 saturated carbocycles. The van der Waals surface area contributed by atoms with E-state index in [-0.39, 0.29) is 18.1 Å². The average Bonchev–Trinajstić information content (AvgIpc) is 2.68. The van der Waals surface area contributed by atoms with Gasteiger partial charge in [0.1, 0.15) is 0 Å². The van der Waals surface area contributed by atoms with Crippen LogP contribution in [0.3, 0.4) is 0 Å². The van der Waals surface area contributed by atoms with Gasteiger partial charge in [-0.15, -0.1) is 0 Å². The predicted octanol–water partition coefficient (Wildman–Crippen LogP) is 3.28. The van der Waals surface area contributed by atoms with Crippen molar-refractivity contribution in [2.45, 2.75) is 38.0 Å². The van der Waals surface area contributed by atoms with E-state index in [1.165, 1.54) is 5.56 Å². The van der Waals surface area contributed by atoms with Crippen LogP contribution in [0.5, 0.6) is 0 Å². The van der Waals surface area contributed by atoms with E-state index in [2.05, 4.69) is 12.1 Å². The van der Waals surface area contributed by atoms with Gasteiger partial charge in [0.15, 0.2) is 0 Å². The highest BCUT2D eigenvalue weighted by Gasteiger charge is 2.24. The molecule has 4 heteroatoms. The number of benzene rings is 2. The number of hydrogen-bond donors (Lipinski definition) is 1. The van der Waals surface area contributed by atoms with E-state index in [0.29, 0.717) is 13.0 Å². The number of amides is 1. The zero-order valence-corrected chi connectivity index (χ0v) is 14.5. The molecule has 2 aromatic rings. The number of ether oxygens (including phenoxy) is 1. The molecule has 1 amide bonds. The quantitative estimate of drug-likeness (QED) is 0.879. The lowest BCUT2D eigenvalue weighted by molar-refractivity contribution is -0.134. The highest BCUT2D eigenvalue weighted by molar-refractivity contribution is 5.77. The van der Waals surface area contributed by atoms with Crippen LogP contribution in [0.1, 0.15) is 36.4 Å². The van der Waals surface area contributed by atoms with Gasteiger partial charge in [-0.1, -0.05) is 60.7 Å². The fraction of sp³-hybridized carbons (Fsp3) is 0.381. The topological polar surface area (TPSA) is 55.6 Å². The lowest BCUT2D eigenvalue weighted by Gasteiger charge is -2.32. The number of carbonyl (C=O) groups is 1. The van der Waals surface area contributed by atoms with E-state index in [4.69, 9.17) is 10.5 Å². The third-order valence-electron chi connectivity index (χ3n) is 4.75. The summed E-state index contributed by atoms with van der Waals surface area (Å²) in [5.41, 5.74) is 8.37. The molecule has 25 heavy (non-hydrogen) atoms. The molecule has 4 nitrogen and oxygen atoms in total. The third kappa shape index (κ3) is 5.15. The molecule has 0 spiro atoms. The average molecular weight is 338 g/mol. The third-order valence-corrected chi connectivity index (χ3v) is 4.75. The van der Waals surface area contributed by atoms with Crippen molar-refractivity contribution in [3.8, 4) is 0 Å². The molecule has 0 bridgehead atoms. The molecule has 2 aromatic carbocycles. The molecule has 2 N–H and O–H groups in total. The molecule has 1 heterocycles. The Hall–Kier alpha value is -2.17. The van der Waals surface area contributed by atoms with Gasteiger partial charge in [-0.05, 0) is 24.0 Å². The standard InChI is InChI=1S/C21H26N2O2/c22-20(18-9-5-2-6-10-18)15-21(24)23-13-11-19(12-14-23)25-16-17-7-3-1-4-8-17/h1-10,19-20H,11-16,22H2. The second kappa shape index (κ2) is 8.79. The molecule has 3 rings (SSSR count). The summed E-state index contributed by atoms with van der Waals surface area (Å²) >= 11 is 0. The Morgan fingerprint density at radius 1 is 1.04 bits per heavy atom. The fourth-order valence-corrected chi connectivity index (χ4v) is 3.20. The number of likely N-dealkylation sites (tertiary alicyclic amines) is 1. The number of hydrogen-bond acceptors (Lipinski definition) is 3. The van der Waals surface area contributed by atoms with Crippen molar-refractivity contribution in [2.75, 3.05) is 13.1 Å². The summed E-state index contributed by atoms with van der Waals surface area (Å²) in [4.78, 5) is 14.4. The van der Waals surface area contributed by atoms with Gasteiger partial charge in [0.25, 0.3) is 0 Å². The van der Waals surface area contributed by atoms with Gasteiger partial charge < -0.3 is 15.4 Å². The second-order valence-electron chi connectivity index (χ2n) is 6.60. The van der Waals surface area contributed by atoms with E-state index in [0.717, 1.165) is 31.5 Å². The summed E-state index contributed by atoms with van der Waals surface area (Å²) in [6.45, 7) is 2.14. The van der Waals surface area contributed by atoms with Crippen LogP contribution < -0.4 is 5.73 Å². The van der Waals surface area contributed by atoms with Crippen molar-refractivity contribution in [2.24, 2.45) is 5.73 Å². The van der Waals surface area contributed by atoms with Gasteiger partial charge in [0.05, 0.1) is 12.7 Å². The molecule has 132 valence electrons. The van der Waals surface area contributed by atoms with Crippen molar-refractivity contribution < 1.29 is 9.53 Å². The maximum absolute atomic E-state index is 12.5.